The lowest BCUT2D eigenvalue weighted by Gasteiger charge is -2.18. The summed E-state index contributed by atoms with van der Waals surface area (Å²) in [4.78, 5) is 2.11. The molecule has 1 aromatic rings. The summed E-state index contributed by atoms with van der Waals surface area (Å²) in [6.07, 6.45) is 0.272. The molecule has 0 bridgehead atoms. The van der Waals surface area contributed by atoms with E-state index >= 15 is 0 Å². The van der Waals surface area contributed by atoms with Crippen molar-refractivity contribution in [2.24, 2.45) is 11.7 Å². The third kappa shape index (κ3) is 7.02. The van der Waals surface area contributed by atoms with Crippen molar-refractivity contribution in [3.63, 3.8) is 0 Å². The highest BCUT2D eigenvalue weighted by molar-refractivity contribution is 7.89. The van der Waals surface area contributed by atoms with Gasteiger partial charge in [0.2, 0.25) is 10.0 Å². The van der Waals surface area contributed by atoms with Crippen LogP contribution in [-0.2, 0) is 23.0 Å². The van der Waals surface area contributed by atoms with E-state index in [1.165, 1.54) is 24.0 Å². The van der Waals surface area contributed by atoms with Crippen LogP contribution < -0.4 is 5.73 Å². The maximum atomic E-state index is 12.0. The summed E-state index contributed by atoms with van der Waals surface area (Å²) < 4.78 is 25.2. The largest absolute Gasteiger partial charge is 0.391 e. The summed E-state index contributed by atoms with van der Waals surface area (Å²) in [7, 11) is -0.238. The van der Waals surface area contributed by atoms with Crippen molar-refractivity contribution >= 4 is 34.8 Å². The monoisotopic (exact) mass is 413 g/mol. The molecule has 2 rings (SSSR count). The van der Waals surface area contributed by atoms with E-state index in [1.54, 1.807) is 0 Å². The van der Waals surface area contributed by atoms with E-state index in [-0.39, 0.29) is 36.5 Å². The second-order valence-electron chi connectivity index (χ2n) is 6.44. The SMILES string of the molecule is CN(C)S(=O)(=O)C[C@@H]1CN(Cc2ccc(CCN)cc2)C[C@H]1O.Cl.Cl. The average Bonchev–Trinajstić information content (AvgIpc) is 2.80. The molecule has 1 aromatic carbocycles. The maximum Gasteiger partial charge on any atom is 0.214 e. The van der Waals surface area contributed by atoms with Crippen LogP contribution in [0.5, 0.6) is 0 Å². The number of hydrogen-bond donors (Lipinski definition) is 2. The fraction of sp³-hybridized carbons (Fsp3) is 0.625. The van der Waals surface area contributed by atoms with Gasteiger partial charge in [0.1, 0.15) is 0 Å². The van der Waals surface area contributed by atoms with Crippen molar-refractivity contribution in [1.29, 1.82) is 0 Å². The molecule has 1 aliphatic rings. The first-order valence-electron chi connectivity index (χ1n) is 7.90. The second-order valence-corrected chi connectivity index (χ2v) is 8.67. The number of halogens is 2. The summed E-state index contributed by atoms with van der Waals surface area (Å²) in [6.45, 7) is 2.47. The lowest BCUT2D eigenvalue weighted by molar-refractivity contribution is 0.148. The average molecular weight is 414 g/mol. The number of rotatable bonds is 7. The minimum Gasteiger partial charge on any atom is -0.391 e. The van der Waals surface area contributed by atoms with E-state index in [4.69, 9.17) is 5.73 Å². The molecule has 6 nitrogen and oxygen atoms in total. The molecule has 0 radical (unpaired) electrons. The van der Waals surface area contributed by atoms with Gasteiger partial charge in [-0.1, -0.05) is 24.3 Å². The Labute approximate surface area is 163 Å². The van der Waals surface area contributed by atoms with Gasteiger partial charge in [0, 0.05) is 39.6 Å². The number of nitrogens with zero attached hydrogens (tertiary/aromatic N) is 2. The summed E-state index contributed by atoms with van der Waals surface area (Å²) in [5, 5.41) is 10.2. The van der Waals surface area contributed by atoms with Crippen molar-refractivity contribution in [1.82, 2.24) is 9.21 Å². The van der Waals surface area contributed by atoms with Crippen LogP contribution in [0.1, 0.15) is 11.1 Å². The molecule has 0 saturated carbocycles. The number of likely N-dealkylation sites (tertiary alicyclic amines) is 1. The minimum atomic E-state index is -3.29. The molecule has 146 valence electrons. The number of β-amino-alcohol motifs (C(OH)–C–C–N with tert-alkyl or cyclic N) is 1. The zero-order valence-electron chi connectivity index (χ0n) is 14.7. The Hall–Kier alpha value is -0.410. The standard InChI is InChI=1S/C16H27N3O3S.2ClH/c1-18(2)23(21,22)12-15-10-19(11-16(15)20)9-14-5-3-13(4-6-14)7-8-17;;/h3-6,15-16,20H,7-12,17H2,1-2H3;2*1H/t15-,16+;;/m0../s1. The lowest BCUT2D eigenvalue weighted by Crippen LogP contribution is -2.33. The number of hydrogen-bond acceptors (Lipinski definition) is 5. The Morgan fingerprint density at radius 2 is 1.72 bits per heavy atom. The van der Waals surface area contributed by atoms with Crippen LogP contribution in [0.25, 0.3) is 0 Å². The Kier molecular flexibility index (Phi) is 10.5. The summed E-state index contributed by atoms with van der Waals surface area (Å²) in [5.41, 5.74) is 7.92. The van der Waals surface area contributed by atoms with Crippen molar-refractivity contribution in [3.05, 3.63) is 35.4 Å². The van der Waals surface area contributed by atoms with Gasteiger partial charge < -0.3 is 10.8 Å². The number of nitrogens with two attached hydrogens (primary N) is 1. The van der Waals surface area contributed by atoms with E-state index in [9.17, 15) is 13.5 Å². The van der Waals surface area contributed by atoms with E-state index in [1.807, 2.05) is 0 Å². The van der Waals surface area contributed by atoms with Gasteiger partial charge in [-0.2, -0.15) is 0 Å². The van der Waals surface area contributed by atoms with Gasteiger partial charge in [-0.15, -0.1) is 24.8 Å². The molecule has 1 saturated heterocycles. The molecular weight excluding hydrogens is 385 g/mol. The topological polar surface area (TPSA) is 86.9 Å². The van der Waals surface area contributed by atoms with Crippen LogP contribution in [0, 0.1) is 5.92 Å². The van der Waals surface area contributed by atoms with Gasteiger partial charge >= 0.3 is 0 Å². The Bertz CT molecular complexity index is 612. The first kappa shape index (κ1) is 24.6. The lowest BCUT2D eigenvalue weighted by atomic mass is 10.1. The highest BCUT2D eigenvalue weighted by Crippen LogP contribution is 2.22. The third-order valence-electron chi connectivity index (χ3n) is 4.33. The van der Waals surface area contributed by atoms with E-state index < -0.39 is 16.1 Å². The molecule has 1 aliphatic heterocycles. The Morgan fingerprint density at radius 1 is 1.16 bits per heavy atom. The number of aliphatic hydroxyl groups is 1. The molecular formula is C16H29Cl2N3O3S. The molecule has 2 atom stereocenters. The molecule has 0 aliphatic carbocycles. The normalized spacial score (nSPS) is 21.0. The smallest absolute Gasteiger partial charge is 0.214 e. The highest BCUT2D eigenvalue weighted by Gasteiger charge is 2.35. The maximum absolute atomic E-state index is 12.0. The molecule has 0 spiro atoms. The van der Waals surface area contributed by atoms with Crippen molar-refractivity contribution in [2.45, 2.75) is 19.1 Å². The Balaban J connectivity index is 0.00000288. The number of aliphatic hydroxyl groups excluding tert-OH is 1. The molecule has 1 fully saturated rings. The molecule has 0 aromatic heterocycles. The second kappa shape index (κ2) is 10.7. The molecule has 0 amide bonds. The summed E-state index contributed by atoms with van der Waals surface area (Å²) in [6, 6.07) is 8.29. The number of sulfonamides is 1. The Morgan fingerprint density at radius 3 is 2.24 bits per heavy atom. The zero-order chi connectivity index (χ0) is 17.0. The summed E-state index contributed by atoms with van der Waals surface area (Å²) >= 11 is 0. The predicted octanol–water partition coefficient (Wildman–Crippen LogP) is 0.716. The van der Waals surface area contributed by atoms with E-state index in [0.29, 0.717) is 19.6 Å². The van der Waals surface area contributed by atoms with E-state index in [0.717, 1.165) is 18.5 Å². The van der Waals surface area contributed by atoms with Gasteiger partial charge in [-0.05, 0) is 24.1 Å². The highest BCUT2D eigenvalue weighted by atomic mass is 35.5. The molecule has 3 N–H and O–H groups in total. The summed E-state index contributed by atoms with van der Waals surface area (Å²) in [5.74, 6) is -0.244. The first-order chi connectivity index (χ1) is 10.8. The molecule has 9 heteroatoms. The van der Waals surface area contributed by atoms with Gasteiger partial charge in [-0.25, -0.2) is 12.7 Å². The van der Waals surface area contributed by atoms with Crippen LogP contribution in [0.2, 0.25) is 0 Å². The quantitative estimate of drug-likeness (QED) is 0.687. The fourth-order valence-electron chi connectivity index (χ4n) is 2.89. The van der Waals surface area contributed by atoms with Crippen LogP contribution in [0.15, 0.2) is 24.3 Å². The van der Waals surface area contributed by atoms with Gasteiger partial charge in [0.15, 0.2) is 0 Å². The van der Waals surface area contributed by atoms with E-state index in [2.05, 4.69) is 29.2 Å². The van der Waals surface area contributed by atoms with Crippen LogP contribution in [0.4, 0.5) is 0 Å². The molecule has 25 heavy (non-hydrogen) atoms. The van der Waals surface area contributed by atoms with Crippen molar-refractivity contribution in [2.75, 3.05) is 39.5 Å². The zero-order valence-corrected chi connectivity index (χ0v) is 17.1. The van der Waals surface area contributed by atoms with Crippen molar-refractivity contribution in [3.8, 4) is 0 Å². The number of benzene rings is 1. The fourth-order valence-corrected chi connectivity index (χ4v) is 4.06. The van der Waals surface area contributed by atoms with Crippen LogP contribution >= 0.6 is 24.8 Å². The van der Waals surface area contributed by atoms with Gasteiger partial charge in [-0.3, -0.25) is 4.90 Å². The van der Waals surface area contributed by atoms with Gasteiger partial charge in [0.25, 0.3) is 0 Å². The predicted molar refractivity (Wildman–Crippen MR) is 106 cm³/mol. The third-order valence-corrected chi connectivity index (χ3v) is 6.29. The van der Waals surface area contributed by atoms with Crippen LogP contribution in [-0.4, -0.2) is 68.3 Å². The van der Waals surface area contributed by atoms with Gasteiger partial charge in [0.05, 0.1) is 11.9 Å². The first-order valence-corrected chi connectivity index (χ1v) is 9.51. The van der Waals surface area contributed by atoms with Crippen molar-refractivity contribution < 1.29 is 13.5 Å². The minimum absolute atomic E-state index is 0. The molecule has 0 unspecified atom stereocenters. The van der Waals surface area contributed by atoms with Crippen LogP contribution in [0.3, 0.4) is 0 Å². The molecule has 1 heterocycles.